The van der Waals surface area contributed by atoms with Crippen LogP contribution >= 0.6 is 0 Å². The lowest BCUT2D eigenvalue weighted by molar-refractivity contribution is 0.324. The number of hydrogen-bond acceptors (Lipinski definition) is 7. The van der Waals surface area contributed by atoms with Crippen molar-refractivity contribution in [1.29, 1.82) is 0 Å². The molecule has 0 aliphatic rings. The summed E-state index contributed by atoms with van der Waals surface area (Å²) in [6.07, 6.45) is 1.34. The molecule has 27 heavy (non-hydrogen) atoms. The molecule has 2 aromatic carbocycles. The first-order chi connectivity index (χ1) is 12.9. The fraction of sp³-hybridized carbons (Fsp3) is 0.278. The lowest BCUT2D eigenvalue weighted by Crippen LogP contribution is -2.19. The third-order valence-corrected chi connectivity index (χ3v) is 4.93. The zero-order valence-electron chi connectivity index (χ0n) is 15.8. The van der Waals surface area contributed by atoms with Crippen LogP contribution in [0.3, 0.4) is 0 Å². The van der Waals surface area contributed by atoms with Gasteiger partial charge in [-0.05, 0) is 36.8 Å². The van der Waals surface area contributed by atoms with Gasteiger partial charge in [-0.1, -0.05) is 6.07 Å². The normalized spacial score (nSPS) is 11.3. The van der Waals surface area contributed by atoms with Crippen molar-refractivity contribution in [3.63, 3.8) is 0 Å². The van der Waals surface area contributed by atoms with E-state index in [2.05, 4.69) is 9.93 Å². The number of nitrogens with one attached hydrogen (secondary N) is 1. The molecule has 0 unspecified atom stereocenters. The van der Waals surface area contributed by atoms with Gasteiger partial charge in [0.2, 0.25) is 5.75 Å². The molecule has 2 aromatic rings. The quantitative estimate of drug-likeness (QED) is 0.545. The SMILES string of the molecule is COc1ccc(C)cc1S(=O)(=O)N/N=C/c1cc(OC)c(OC)c(OC)c1. The highest BCUT2D eigenvalue weighted by atomic mass is 32.2. The molecule has 1 N–H and O–H groups in total. The fourth-order valence-electron chi connectivity index (χ4n) is 2.39. The fourth-order valence-corrected chi connectivity index (χ4v) is 3.44. The van der Waals surface area contributed by atoms with Gasteiger partial charge < -0.3 is 18.9 Å². The molecule has 0 radical (unpaired) electrons. The first kappa shape index (κ1) is 20.4. The van der Waals surface area contributed by atoms with Gasteiger partial charge in [0.05, 0.1) is 34.7 Å². The smallest absolute Gasteiger partial charge is 0.280 e. The van der Waals surface area contributed by atoms with Gasteiger partial charge in [0, 0.05) is 5.56 Å². The van der Waals surface area contributed by atoms with Crippen molar-refractivity contribution in [2.45, 2.75) is 11.8 Å². The molecule has 0 aliphatic carbocycles. The van der Waals surface area contributed by atoms with E-state index in [9.17, 15) is 8.42 Å². The van der Waals surface area contributed by atoms with Crippen LogP contribution in [-0.4, -0.2) is 43.1 Å². The van der Waals surface area contributed by atoms with Gasteiger partial charge in [0.1, 0.15) is 10.6 Å². The zero-order chi connectivity index (χ0) is 20.0. The van der Waals surface area contributed by atoms with Gasteiger partial charge in [0.25, 0.3) is 10.0 Å². The van der Waals surface area contributed by atoms with Crippen LogP contribution in [0.15, 0.2) is 40.3 Å². The van der Waals surface area contributed by atoms with Crippen LogP contribution in [-0.2, 0) is 10.0 Å². The van der Waals surface area contributed by atoms with Gasteiger partial charge in [-0.2, -0.15) is 18.4 Å². The molecule has 0 bridgehead atoms. The third-order valence-electron chi connectivity index (χ3n) is 3.68. The maximum Gasteiger partial charge on any atom is 0.280 e. The summed E-state index contributed by atoms with van der Waals surface area (Å²) in [6.45, 7) is 1.79. The van der Waals surface area contributed by atoms with Crippen LogP contribution in [0.1, 0.15) is 11.1 Å². The second-order valence-electron chi connectivity index (χ2n) is 5.47. The van der Waals surface area contributed by atoms with E-state index in [4.69, 9.17) is 18.9 Å². The highest BCUT2D eigenvalue weighted by Crippen LogP contribution is 2.37. The first-order valence-electron chi connectivity index (χ1n) is 7.85. The third kappa shape index (κ3) is 4.62. The Balaban J connectivity index is 2.31. The summed E-state index contributed by atoms with van der Waals surface area (Å²) in [6, 6.07) is 8.15. The summed E-state index contributed by atoms with van der Waals surface area (Å²) in [4.78, 5) is 2.18. The van der Waals surface area contributed by atoms with Crippen molar-refractivity contribution in [3.05, 3.63) is 41.5 Å². The van der Waals surface area contributed by atoms with Crippen molar-refractivity contribution in [3.8, 4) is 23.0 Å². The molecule has 2 rings (SSSR count). The van der Waals surface area contributed by atoms with Crippen LogP contribution in [0.5, 0.6) is 23.0 Å². The van der Waals surface area contributed by atoms with Crippen LogP contribution in [0.4, 0.5) is 0 Å². The highest BCUT2D eigenvalue weighted by Gasteiger charge is 2.19. The Morgan fingerprint density at radius 2 is 1.48 bits per heavy atom. The standard InChI is InChI=1S/C18H22N2O6S/c1-12-6-7-14(23-2)17(8-12)27(21,22)20-19-11-13-9-15(24-3)18(26-5)16(10-13)25-4/h6-11,20H,1-5H3/b19-11+. The summed E-state index contributed by atoms with van der Waals surface area (Å²) in [5.41, 5.74) is 1.34. The van der Waals surface area contributed by atoms with Crippen molar-refractivity contribution in [2.24, 2.45) is 5.10 Å². The molecular formula is C18H22N2O6S. The number of methoxy groups -OCH3 is 4. The molecule has 0 amide bonds. The average Bonchev–Trinajstić information content (AvgIpc) is 2.66. The van der Waals surface area contributed by atoms with E-state index in [0.29, 0.717) is 22.8 Å². The number of aryl methyl sites for hydroxylation is 1. The van der Waals surface area contributed by atoms with Crippen LogP contribution in [0.25, 0.3) is 0 Å². The predicted molar refractivity (Wildman–Crippen MR) is 102 cm³/mol. The molecule has 0 heterocycles. The maximum atomic E-state index is 12.5. The monoisotopic (exact) mass is 394 g/mol. The maximum absolute atomic E-state index is 12.5. The van der Waals surface area contributed by atoms with Crippen LogP contribution in [0.2, 0.25) is 0 Å². The van der Waals surface area contributed by atoms with E-state index < -0.39 is 10.0 Å². The molecule has 0 saturated heterocycles. The minimum Gasteiger partial charge on any atom is -0.495 e. The van der Waals surface area contributed by atoms with Crippen molar-refractivity contribution in [2.75, 3.05) is 28.4 Å². The second-order valence-corrected chi connectivity index (χ2v) is 7.10. The molecule has 0 aromatic heterocycles. The minimum atomic E-state index is -3.90. The highest BCUT2D eigenvalue weighted by molar-refractivity contribution is 7.89. The second kappa shape index (κ2) is 8.63. The molecule has 0 fully saturated rings. The Hall–Kier alpha value is -2.94. The summed E-state index contributed by atoms with van der Waals surface area (Å²) < 4.78 is 45.9. The summed E-state index contributed by atoms with van der Waals surface area (Å²) >= 11 is 0. The van der Waals surface area contributed by atoms with Gasteiger partial charge in [0.15, 0.2) is 11.5 Å². The van der Waals surface area contributed by atoms with Crippen molar-refractivity contribution in [1.82, 2.24) is 4.83 Å². The molecule has 0 atom stereocenters. The van der Waals surface area contributed by atoms with Crippen LogP contribution in [0, 0.1) is 6.92 Å². The Morgan fingerprint density at radius 1 is 0.889 bits per heavy atom. The van der Waals surface area contributed by atoms with Crippen LogP contribution < -0.4 is 23.8 Å². The summed E-state index contributed by atoms with van der Waals surface area (Å²) in [7, 11) is 1.99. The molecule has 0 spiro atoms. The van der Waals surface area contributed by atoms with Gasteiger partial charge in [-0.15, -0.1) is 0 Å². The van der Waals surface area contributed by atoms with Gasteiger partial charge in [-0.3, -0.25) is 0 Å². The number of sulfonamides is 1. The Morgan fingerprint density at radius 3 is 2.00 bits per heavy atom. The van der Waals surface area contributed by atoms with E-state index in [-0.39, 0.29) is 10.6 Å². The van der Waals surface area contributed by atoms with E-state index in [1.807, 2.05) is 0 Å². The lowest BCUT2D eigenvalue weighted by Gasteiger charge is -2.12. The van der Waals surface area contributed by atoms with E-state index in [1.54, 1.807) is 31.2 Å². The summed E-state index contributed by atoms with van der Waals surface area (Å²) in [5, 5.41) is 3.83. The topological polar surface area (TPSA) is 95.5 Å². The van der Waals surface area contributed by atoms with Gasteiger partial charge in [-0.25, -0.2) is 0 Å². The molecular weight excluding hydrogens is 372 g/mol. The summed E-state index contributed by atoms with van der Waals surface area (Å²) in [5.74, 6) is 1.53. The number of hydrogen-bond donors (Lipinski definition) is 1. The van der Waals surface area contributed by atoms with E-state index in [1.165, 1.54) is 40.7 Å². The Kier molecular flexibility index (Phi) is 6.51. The average molecular weight is 394 g/mol. The largest absolute Gasteiger partial charge is 0.495 e. The number of rotatable bonds is 8. The Bertz CT molecular complexity index is 916. The molecule has 146 valence electrons. The molecule has 0 aliphatic heterocycles. The predicted octanol–water partition coefficient (Wildman–Crippen LogP) is 2.34. The Labute approximate surface area is 158 Å². The molecule has 9 heteroatoms. The number of benzene rings is 2. The van der Waals surface area contributed by atoms with Gasteiger partial charge >= 0.3 is 0 Å². The molecule has 8 nitrogen and oxygen atoms in total. The zero-order valence-corrected chi connectivity index (χ0v) is 16.6. The minimum absolute atomic E-state index is 0.00652. The van der Waals surface area contributed by atoms with E-state index in [0.717, 1.165) is 5.56 Å². The van der Waals surface area contributed by atoms with E-state index >= 15 is 0 Å². The van der Waals surface area contributed by atoms with Crippen molar-refractivity contribution < 1.29 is 27.4 Å². The number of ether oxygens (including phenoxy) is 4. The molecule has 0 saturated carbocycles. The van der Waals surface area contributed by atoms with Crippen molar-refractivity contribution >= 4 is 16.2 Å². The lowest BCUT2D eigenvalue weighted by atomic mass is 10.2. The number of nitrogens with zero attached hydrogens (tertiary/aromatic N) is 1. The first-order valence-corrected chi connectivity index (χ1v) is 9.34. The number of hydrazone groups is 1.